The molecule has 0 radical (unpaired) electrons. The van der Waals surface area contributed by atoms with Crippen molar-refractivity contribution >= 4 is 62.6 Å². The topological polar surface area (TPSA) is 160 Å². The summed E-state index contributed by atoms with van der Waals surface area (Å²) in [5.41, 5.74) is 22.3. The highest BCUT2D eigenvalue weighted by molar-refractivity contribution is 6.68. The van der Waals surface area contributed by atoms with Crippen LogP contribution in [0.2, 0.25) is 0 Å². The number of halogens is 2. The summed E-state index contributed by atoms with van der Waals surface area (Å²) in [6.45, 7) is 8.30. The molecule has 6 aromatic carbocycles. The third kappa shape index (κ3) is 15.4. The number of carbonyl (C=O) groups is 4. The lowest BCUT2D eigenvalue weighted by atomic mass is 9.74. The minimum atomic E-state index is -0.552. The molecule has 0 bridgehead atoms. The second kappa shape index (κ2) is 26.9. The molecule has 4 fully saturated rings. The molecule has 1 aliphatic carbocycles. The lowest BCUT2D eigenvalue weighted by Crippen LogP contribution is -2.39. The largest absolute Gasteiger partial charge is 0.398 e. The van der Waals surface area contributed by atoms with Gasteiger partial charge in [0.1, 0.15) is 0 Å². The summed E-state index contributed by atoms with van der Waals surface area (Å²) in [5.74, 6) is -0.215. The van der Waals surface area contributed by atoms with E-state index in [0.29, 0.717) is 33.6 Å². The number of nitrogens with two attached hydrogens (primary N) is 2. The highest BCUT2D eigenvalue weighted by Gasteiger charge is 2.40. The number of nitrogens with zero attached hydrogens (tertiary/aromatic N) is 1. The molecule has 2 spiro atoms. The quantitative estimate of drug-likeness (QED) is 0.0781. The molecule has 7 N–H and O–H groups in total. The Hall–Kier alpha value is -6.30. The molecular formula is C60H74Cl2N6O4. The fourth-order valence-corrected chi connectivity index (χ4v) is 10.0. The number of nitrogen functional groups attached to an aromatic ring is 2. The van der Waals surface area contributed by atoms with Crippen molar-refractivity contribution in [2.24, 2.45) is 10.8 Å². The highest BCUT2D eigenvalue weighted by Crippen LogP contribution is 2.41. The molecule has 4 aliphatic rings. The van der Waals surface area contributed by atoms with E-state index in [4.69, 9.17) is 34.7 Å². The van der Waals surface area contributed by atoms with Gasteiger partial charge in [-0.15, -0.1) is 0 Å². The Morgan fingerprint density at radius 3 is 1.57 bits per heavy atom. The third-order valence-corrected chi connectivity index (χ3v) is 14.6. The minimum Gasteiger partial charge on any atom is -0.398 e. The molecule has 0 atom stereocenters. The van der Waals surface area contributed by atoms with Crippen molar-refractivity contribution < 1.29 is 20.6 Å². The predicted molar refractivity (Wildman–Crippen MR) is 302 cm³/mol. The zero-order chi connectivity index (χ0) is 49.5. The van der Waals surface area contributed by atoms with Crippen LogP contribution in [0, 0.1) is 17.8 Å². The molecule has 10 nitrogen and oxygen atoms in total. The lowest BCUT2D eigenvalue weighted by Gasteiger charge is -2.33. The van der Waals surface area contributed by atoms with E-state index in [-0.39, 0.29) is 33.5 Å². The van der Waals surface area contributed by atoms with E-state index in [2.05, 4.69) is 40.2 Å². The number of benzene rings is 6. The van der Waals surface area contributed by atoms with Crippen molar-refractivity contribution in [2.75, 3.05) is 56.1 Å². The second-order valence-corrected chi connectivity index (χ2v) is 19.7. The number of nitrogens with one attached hydrogen (secondary N) is 3. The van der Waals surface area contributed by atoms with Gasteiger partial charge in [-0.25, -0.2) is 0 Å². The molecule has 3 saturated heterocycles. The Labute approximate surface area is 438 Å². The molecular weight excluding hydrogens is 940 g/mol. The van der Waals surface area contributed by atoms with Crippen molar-refractivity contribution in [3.63, 3.8) is 0 Å². The van der Waals surface area contributed by atoms with Crippen molar-refractivity contribution in [3.05, 3.63) is 173 Å². The van der Waals surface area contributed by atoms with Crippen LogP contribution in [0.1, 0.15) is 121 Å². The Kier molecular flexibility index (Phi) is 21.2. The summed E-state index contributed by atoms with van der Waals surface area (Å²) in [6, 6.07) is 44.7. The average Bonchev–Trinajstić information content (AvgIpc) is 4.03. The maximum Gasteiger partial charge on any atom is 0.255 e. The molecule has 10 rings (SSSR count). The molecule has 2 amide bonds. The van der Waals surface area contributed by atoms with Crippen LogP contribution in [0.4, 0.5) is 17.1 Å². The molecule has 12 heteroatoms. The Morgan fingerprint density at radius 1 is 0.542 bits per heavy atom. The molecule has 382 valence electrons. The fraction of sp³-hybridized carbons (Fsp3) is 0.333. The number of likely N-dealkylation sites (tertiary alicyclic amines) is 1. The van der Waals surface area contributed by atoms with E-state index >= 15 is 0 Å². The summed E-state index contributed by atoms with van der Waals surface area (Å²) in [5, 5.41) is 8.70. The van der Waals surface area contributed by atoms with Crippen LogP contribution in [0.15, 0.2) is 146 Å². The summed E-state index contributed by atoms with van der Waals surface area (Å²) in [6.07, 6.45) is 12.2. The van der Waals surface area contributed by atoms with E-state index in [0.717, 1.165) is 73.2 Å². The Balaban J connectivity index is 0.000000243. The van der Waals surface area contributed by atoms with E-state index in [1.807, 2.05) is 78.6 Å². The molecule has 1 saturated carbocycles. The van der Waals surface area contributed by atoms with Crippen LogP contribution in [0.25, 0.3) is 22.3 Å². The van der Waals surface area contributed by atoms with E-state index < -0.39 is 10.5 Å². The Bertz CT molecular complexity index is 2670. The van der Waals surface area contributed by atoms with Crippen molar-refractivity contribution in [2.45, 2.75) is 79.6 Å². The Morgan fingerprint density at radius 2 is 1.04 bits per heavy atom. The van der Waals surface area contributed by atoms with Crippen LogP contribution in [0.5, 0.6) is 0 Å². The first-order chi connectivity index (χ1) is 33.8. The first-order valence-electron chi connectivity index (χ1n) is 24.3. The van der Waals surface area contributed by atoms with Gasteiger partial charge in [0.15, 0.2) is 0 Å². The van der Waals surface area contributed by atoms with Gasteiger partial charge in [0.25, 0.3) is 22.3 Å². The number of hydrogen-bond acceptors (Lipinski definition) is 8. The first-order valence-corrected chi connectivity index (χ1v) is 25.1. The van der Waals surface area contributed by atoms with Crippen molar-refractivity contribution in [3.8, 4) is 22.3 Å². The number of rotatable bonds is 7. The van der Waals surface area contributed by atoms with Gasteiger partial charge in [0, 0.05) is 49.0 Å². The van der Waals surface area contributed by atoms with E-state index in [9.17, 15) is 19.2 Å². The molecule has 3 aliphatic heterocycles. The molecule has 72 heavy (non-hydrogen) atoms. The number of aryl methyl sites for hydroxylation is 1. The number of amides is 2. The van der Waals surface area contributed by atoms with Crippen molar-refractivity contribution in [1.29, 1.82) is 0 Å². The smallest absolute Gasteiger partial charge is 0.255 e. The van der Waals surface area contributed by atoms with Crippen LogP contribution in [0.3, 0.4) is 0 Å². The number of piperidine rings is 1. The summed E-state index contributed by atoms with van der Waals surface area (Å²) in [7, 11) is 0. The van der Waals surface area contributed by atoms with Crippen LogP contribution in [-0.4, -0.2) is 66.5 Å². The number of hydrogen-bond donors (Lipinski definition) is 5. The standard InChI is InChI=1S/C28H30N4O2.C13H13N.C9H17N.C8H4Cl2O2.2CH4.H2/c29-24-11-10-23(20-4-2-1-3-5-20)18-25(24)31-26(33)21-6-8-22(9-7-21)27(34)32-17-14-28(19-32)12-15-30-16-13-28;1-10-7-8-12(9-13(10)14)11-5-3-2-4-6-11;1-2-4-9(5-3-1)6-7-10-8-9;9-7(11)5-1-2-6(4-3-5)8(10)12;;;/h1-11,18,30H,12-17,19,29H2,(H,31,33);2-9H,14H2,1H3;10H,1-8H2;1-4H;2*1H4;1H/i;;;;;;1+1. The number of anilines is 3. The van der Waals surface area contributed by atoms with E-state index in [1.54, 1.807) is 30.3 Å². The van der Waals surface area contributed by atoms with Gasteiger partial charge in [0.2, 0.25) is 0 Å². The zero-order valence-corrected chi connectivity index (χ0v) is 41.5. The normalized spacial score (nSPS) is 15.9. The summed E-state index contributed by atoms with van der Waals surface area (Å²) in [4.78, 5) is 49.1. The zero-order valence-electron chi connectivity index (χ0n) is 40.0. The van der Waals surface area contributed by atoms with Crippen molar-refractivity contribution in [1.82, 2.24) is 15.5 Å². The number of carbonyl (C=O) groups excluding carboxylic acids is 4. The van der Waals surface area contributed by atoms with Gasteiger partial charge in [-0.05, 0) is 194 Å². The van der Waals surface area contributed by atoms with Gasteiger partial charge in [0.05, 0.1) is 11.4 Å². The third-order valence-electron chi connectivity index (χ3n) is 14.2. The molecule has 0 unspecified atom stereocenters. The molecule has 3 heterocycles. The lowest BCUT2D eigenvalue weighted by molar-refractivity contribution is 0.0761. The van der Waals surface area contributed by atoms with Gasteiger partial charge in [-0.1, -0.05) is 113 Å². The van der Waals surface area contributed by atoms with Gasteiger partial charge in [-0.2, -0.15) is 0 Å². The van der Waals surface area contributed by atoms with Gasteiger partial charge >= 0.3 is 0 Å². The first kappa shape index (κ1) is 56.6. The average molecular weight is 1020 g/mol. The minimum absolute atomic E-state index is 0. The molecule has 0 aromatic heterocycles. The van der Waals surface area contributed by atoms with Crippen LogP contribution < -0.4 is 27.4 Å². The fourth-order valence-electron chi connectivity index (χ4n) is 9.80. The van der Waals surface area contributed by atoms with E-state index in [1.165, 1.54) is 87.0 Å². The molecule has 6 aromatic rings. The van der Waals surface area contributed by atoms with Gasteiger partial charge in [-0.3, -0.25) is 19.2 Å². The maximum atomic E-state index is 13.1. The monoisotopic (exact) mass is 1010 g/mol. The second-order valence-electron chi connectivity index (χ2n) is 19.0. The van der Waals surface area contributed by atoms with Crippen LogP contribution >= 0.6 is 23.2 Å². The maximum absolute atomic E-state index is 13.1. The highest BCUT2D eigenvalue weighted by atomic mass is 35.5. The summed E-state index contributed by atoms with van der Waals surface area (Å²) >= 11 is 10.4. The van der Waals surface area contributed by atoms with Crippen LogP contribution in [-0.2, 0) is 0 Å². The summed E-state index contributed by atoms with van der Waals surface area (Å²) < 4.78 is 0. The predicted octanol–water partition coefficient (Wildman–Crippen LogP) is 13.5. The SMILES string of the molecule is C.C.C1CCC2(CC1)CCNC2.Cc1ccc(-c2ccccc2)cc1N.Nc1ccc(-c2ccccc2)cc1NC(=O)c1ccc(C(=O)N2CCC3(CCNCC3)C2)cc1.O=C(Cl)c1ccc(C(=O)Cl)cc1.[2HH]. The van der Waals surface area contributed by atoms with Gasteiger partial charge < -0.3 is 32.3 Å².